The van der Waals surface area contributed by atoms with Crippen LogP contribution in [0.1, 0.15) is 17.2 Å². The molecule has 0 bridgehead atoms. The fourth-order valence-electron chi connectivity index (χ4n) is 2.05. The smallest absolute Gasteiger partial charge is 0.128 e. The molecule has 16 heavy (non-hydrogen) atoms. The summed E-state index contributed by atoms with van der Waals surface area (Å²) in [6.07, 6.45) is 1.08. The molecule has 0 aromatic heterocycles. The largest absolute Gasteiger partial charge is 0.485 e. The second-order valence-corrected chi connectivity index (χ2v) is 4.41. The maximum atomic E-state index is 5.89. The molecule has 80 valence electrons. The minimum atomic E-state index is 0.134. The van der Waals surface area contributed by atoms with Gasteiger partial charge in [-0.05, 0) is 29.3 Å². The number of hydrogen-bond donors (Lipinski definition) is 0. The van der Waals surface area contributed by atoms with Gasteiger partial charge in [0.05, 0.1) is 0 Å². The third-order valence-electron chi connectivity index (χ3n) is 2.89. The molecule has 2 aromatic rings. The van der Waals surface area contributed by atoms with E-state index in [0.29, 0.717) is 0 Å². The molecule has 2 heteroatoms. The summed E-state index contributed by atoms with van der Waals surface area (Å²) in [5.41, 5.74) is 2.46. The van der Waals surface area contributed by atoms with Gasteiger partial charge < -0.3 is 4.74 Å². The lowest BCUT2D eigenvalue weighted by atomic mass is 10.0. The van der Waals surface area contributed by atoms with E-state index in [2.05, 4.69) is 6.07 Å². The minimum Gasteiger partial charge on any atom is -0.485 e. The van der Waals surface area contributed by atoms with E-state index in [0.717, 1.165) is 17.2 Å². The first-order chi connectivity index (χ1) is 7.83. The van der Waals surface area contributed by atoms with E-state index in [1.54, 1.807) is 0 Å². The first kappa shape index (κ1) is 9.73. The summed E-state index contributed by atoms with van der Waals surface area (Å²) in [5, 5.41) is 0.763. The van der Waals surface area contributed by atoms with Crippen molar-refractivity contribution in [3.05, 3.63) is 64.7 Å². The molecule has 1 heterocycles. The van der Waals surface area contributed by atoms with E-state index in [1.807, 2.05) is 42.5 Å². The fourth-order valence-corrected chi connectivity index (χ4v) is 2.17. The van der Waals surface area contributed by atoms with Crippen molar-refractivity contribution in [1.29, 1.82) is 0 Å². The zero-order valence-corrected chi connectivity index (χ0v) is 9.45. The SMILES string of the molecule is Clc1ccc(C2Cc3ccccc3O2)cc1. The van der Waals surface area contributed by atoms with Crippen molar-refractivity contribution in [1.82, 2.24) is 0 Å². The van der Waals surface area contributed by atoms with Crippen LogP contribution in [0.4, 0.5) is 0 Å². The Morgan fingerprint density at radius 2 is 1.75 bits per heavy atom. The Balaban J connectivity index is 1.88. The highest BCUT2D eigenvalue weighted by atomic mass is 35.5. The molecule has 0 saturated carbocycles. The highest BCUT2D eigenvalue weighted by molar-refractivity contribution is 6.30. The molecule has 0 amide bonds. The molecular formula is C14H11ClO. The number of halogens is 1. The van der Waals surface area contributed by atoms with Crippen molar-refractivity contribution in [2.45, 2.75) is 12.5 Å². The summed E-state index contributed by atoms with van der Waals surface area (Å²) in [6, 6.07) is 16.1. The highest BCUT2D eigenvalue weighted by Crippen LogP contribution is 2.36. The molecule has 1 aliphatic rings. The molecule has 1 nitrogen and oxygen atoms in total. The van der Waals surface area contributed by atoms with Crippen molar-refractivity contribution in [3.8, 4) is 5.75 Å². The van der Waals surface area contributed by atoms with Crippen LogP contribution in [0, 0.1) is 0 Å². The zero-order valence-electron chi connectivity index (χ0n) is 8.69. The van der Waals surface area contributed by atoms with Crippen LogP contribution in [-0.4, -0.2) is 0 Å². The number of fused-ring (bicyclic) bond motifs is 1. The third kappa shape index (κ3) is 1.68. The number of rotatable bonds is 1. The van der Waals surface area contributed by atoms with Crippen LogP contribution >= 0.6 is 11.6 Å². The average Bonchev–Trinajstić information content (AvgIpc) is 2.73. The quantitative estimate of drug-likeness (QED) is 0.719. The van der Waals surface area contributed by atoms with E-state index < -0.39 is 0 Å². The summed E-state index contributed by atoms with van der Waals surface area (Å²) < 4.78 is 5.89. The monoisotopic (exact) mass is 230 g/mol. The molecule has 1 atom stereocenters. The maximum Gasteiger partial charge on any atom is 0.128 e. The lowest BCUT2D eigenvalue weighted by molar-refractivity contribution is 0.238. The van der Waals surface area contributed by atoms with Gasteiger partial charge in [0.1, 0.15) is 11.9 Å². The van der Waals surface area contributed by atoms with Crippen molar-refractivity contribution < 1.29 is 4.74 Å². The predicted octanol–water partition coefficient (Wildman–Crippen LogP) is 4.02. The second-order valence-electron chi connectivity index (χ2n) is 3.97. The van der Waals surface area contributed by atoms with E-state index >= 15 is 0 Å². The fraction of sp³-hybridized carbons (Fsp3) is 0.143. The van der Waals surface area contributed by atoms with Crippen LogP contribution < -0.4 is 4.74 Å². The van der Waals surface area contributed by atoms with Crippen molar-refractivity contribution in [2.24, 2.45) is 0 Å². The van der Waals surface area contributed by atoms with Gasteiger partial charge in [0.2, 0.25) is 0 Å². The summed E-state index contributed by atoms with van der Waals surface area (Å²) in [6.45, 7) is 0. The lowest BCUT2D eigenvalue weighted by Crippen LogP contribution is -2.02. The maximum absolute atomic E-state index is 5.89. The molecule has 1 unspecified atom stereocenters. The van der Waals surface area contributed by atoms with Crippen LogP contribution in [0.15, 0.2) is 48.5 Å². The molecule has 3 rings (SSSR count). The Bertz CT molecular complexity index is 479. The third-order valence-corrected chi connectivity index (χ3v) is 3.14. The summed E-state index contributed by atoms with van der Waals surface area (Å²) in [5.74, 6) is 1.00. The van der Waals surface area contributed by atoms with Crippen LogP contribution in [0.3, 0.4) is 0 Å². The van der Waals surface area contributed by atoms with Crippen LogP contribution in [0.25, 0.3) is 0 Å². The molecule has 0 fully saturated rings. The standard InChI is InChI=1S/C14H11ClO/c15-12-7-5-10(6-8-12)14-9-11-3-1-2-4-13(11)16-14/h1-8,14H,9H2. The van der Waals surface area contributed by atoms with Gasteiger partial charge in [-0.2, -0.15) is 0 Å². The van der Waals surface area contributed by atoms with Gasteiger partial charge in [-0.15, -0.1) is 0 Å². The topological polar surface area (TPSA) is 9.23 Å². The van der Waals surface area contributed by atoms with E-state index in [1.165, 1.54) is 11.1 Å². The predicted molar refractivity (Wildman–Crippen MR) is 65.0 cm³/mol. The van der Waals surface area contributed by atoms with E-state index in [9.17, 15) is 0 Å². The molecule has 0 N–H and O–H groups in total. The molecule has 0 spiro atoms. The highest BCUT2D eigenvalue weighted by Gasteiger charge is 2.23. The van der Waals surface area contributed by atoms with Crippen molar-refractivity contribution >= 4 is 11.6 Å². The minimum absolute atomic E-state index is 0.134. The van der Waals surface area contributed by atoms with Gasteiger partial charge >= 0.3 is 0 Å². The summed E-state index contributed by atoms with van der Waals surface area (Å²) >= 11 is 5.87. The second kappa shape index (κ2) is 3.84. The molecular weight excluding hydrogens is 220 g/mol. The number of ether oxygens (including phenoxy) is 1. The number of hydrogen-bond acceptors (Lipinski definition) is 1. The van der Waals surface area contributed by atoms with Gasteiger partial charge in [0.15, 0.2) is 0 Å². The molecule has 1 aliphatic heterocycles. The molecule has 0 saturated heterocycles. The summed E-state index contributed by atoms with van der Waals surface area (Å²) in [4.78, 5) is 0. The Hall–Kier alpha value is -1.47. The van der Waals surface area contributed by atoms with E-state index in [4.69, 9.17) is 16.3 Å². The Morgan fingerprint density at radius 1 is 1.00 bits per heavy atom. The Morgan fingerprint density at radius 3 is 2.50 bits per heavy atom. The van der Waals surface area contributed by atoms with Crippen molar-refractivity contribution in [3.63, 3.8) is 0 Å². The number of benzene rings is 2. The molecule has 0 radical (unpaired) electrons. The Labute approximate surface area is 99.6 Å². The molecule has 2 aromatic carbocycles. The van der Waals surface area contributed by atoms with Crippen LogP contribution in [0.2, 0.25) is 5.02 Å². The number of para-hydroxylation sites is 1. The zero-order chi connectivity index (χ0) is 11.0. The molecule has 0 aliphatic carbocycles. The normalized spacial score (nSPS) is 17.9. The Kier molecular flexibility index (Phi) is 2.33. The van der Waals surface area contributed by atoms with Gasteiger partial charge in [0, 0.05) is 11.4 Å². The lowest BCUT2D eigenvalue weighted by Gasteiger charge is -2.10. The van der Waals surface area contributed by atoms with Gasteiger partial charge in [-0.1, -0.05) is 41.9 Å². The average molecular weight is 231 g/mol. The first-order valence-electron chi connectivity index (χ1n) is 5.33. The summed E-state index contributed by atoms with van der Waals surface area (Å²) in [7, 11) is 0. The van der Waals surface area contributed by atoms with Crippen LogP contribution in [-0.2, 0) is 6.42 Å². The first-order valence-corrected chi connectivity index (χ1v) is 5.71. The van der Waals surface area contributed by atoms with Crippen LogP contribution in [0.5, 0.6) is 5.75 Å². The van der Waals surface area contributed by atoms with E-state index in [-0.39, 0.29) is 6.10 Å². The van der Waals surface area contributed by atoms with Gasteiger partial charge in [-0.3, -0.25) is 0 Å². The van der Waals surface area contributed by atoms with Gasteiger partial charge in [0.25, 0.3) is 0 Å². The van der Waals surface area contributed by atoms with Crippen molar-refractivity contribution in [2.75, 3.05) is 0 Å². The van der Waals surface area contributed by atoms with Gasteiger partial charge in [-0.25, -0.2) is 0 Å².